The number of rotatable bonds is 3. The van der Waals surface area contributed by atoms with Crippen LogP contribution in [0.2, 0.25) is 0 Å². The lowest BCUT2D eigenvalue weighted by Crippen LogP contribution is -2.42. The number of carbonyl (C=O) groups is 2. The molecule has 8 heteroatoms. The lowest BCUT2D eigenvalue weighted by Gasteiger charge is -2.15. The van der Waals surface area contributed by atoms with Crippen molar-refractivity contribution in [2.24, 2.45) is 0 Å². The second kappa shape index (κ2) is 4.85. The minimum Gasteiger partial charge on any atom is -0.479 e. The van der Waals surface area contributed by atoms with Crippen LogP contribution in [0.25, 0.3) is 0 Å². The van der Waals surface area contributed by atoms with Gasteiger partial charge in [-0.1, -0.05) is 0 Å². The van der Waals surface area contributed by atoms with Crippen LogP contribution in [0, 0.1) is 0 Å². The van der Waals surface area contributed by atoms with Gasteiger partial charge in [-0.15, -0.1) is 0 Å². The zero-order chi connectivity index (χ0) is 13.3. The van der Waals surface area contributed by atoms with Crippen LogP contribution < -0.4 is 5.32 Å². The summed E-state index contributed by atoms with van der Waals surface area (Å²) in [5.41, 5.74) is 0. The molecule has 1 amide bonds. The molecular weight excluding hydrogens is 262 g/mol. The summed E-state index contributed by atoms with van der Waals surface area (Å²) < 4.78 is 27.5. The quantitative estimate of drug-likeness (QED) is 0.679. The molecule has 2 aliphatic heterocycles. The summed E-state index contributed by atoms with van der Waals surface area (Å²) in [6.07, 6.45) is -0.663. The van der Waals surface area contributed by atoms with Gasteiger partial charge in [0.15, 0.2) is 15.9 Å². The van der Waals surface area contributed by atoms with Crippen LogP contribution in [0.1, 0.15) is 19.3 Å². The molecular formula is C10H15NO6S. The van der Waals surface area contributed by atoms with Gasteiger partial charge in [-0.3, -0.25) is 4.79 Å². The third-order valence-electron chi connectivity index (χ3n) is 3.17. The number of hydrogen-bond acceptors (Lipinski definition) is 5. The highest BCUT2D eigenvalue weighted by molar-refractivity contribution is 7.91. The van der Waals surface area contributed by atoms with E-state index in [0.29, 0.717) is 19.3 Å². The van der Waals surface area contributed by atoms with Gasteiger partial charge in [-0.25, -0.2) is 13.2 Å². The van der Waals surface area contributed by atoms with E-state index in [1.165, 1.54) is 0 Å². The Morgan fingerprint density at radius 1 is 1.17 bits per heavy atom. The topological polar surface area (TPSA) is 110 Å². The van der Waals surface area contributed by atoms with Gasteiger partial charge in [-0.05, 0) is 19.3 Å². The number of sulfone groups is 1. The highest BCUT2D eigenvalue weighted by Crippen LogP contribution is 2.21. The minimum absolute atomic E-state index is 0.0478. The summed E-state index contributed by atoms with van der Waals surface area (Å²) in [4.78, 5) is 22.4. The number of carboxylic acid groups (broad SMARTS) is 1. The highest BCUT2D eigenvalue weighted by Gasteiger charge is 2.37. The van der Waals surface area contributed by atoms with Crippen molar-refractivity contribution in [2.45, 2.75) is 37.5 Å². The number of aliphatic carboxylic acids is 1. The second-order valence-electron chi connectivity index (χ2n) is 4.64. The van der Waals surface area contributed by atoms with Crippen molar-refractivity contribution < 1.29 is 27.9 Å². The van der Waals surface area contributed by atoms with E-state index in [4.69, 9.17) is 9.84 Å². The number of carbonyl (C=O) groups excluding carboxylic acids is 1. The van der Waals surface area contributed by atoms with Crippen molar-refractivity contribution in [2.75, 3.05) is 11.5 Å². The van der Waals surface area contributed by atoms with Crippen molar-refractivity contribution in [3.05, 3.63) is 0 Å². The number of amides is 1. The Hall–Kier alpha value is -1.15. The molecule has 2 fully saturated rings. The molecule has 0 aromatic carbocycles. The molecule has 0 aromatic heterocycles. The third kappa shape index (κ3) is 2.99. The molecule has 102 valence electrons. The van der Waals surface area contributed by atoms with E-state index in [1.807, 2.05) is 0 Å². The predicted molar refractivity (Wildman–Crippen MR) is 60.7 cm³/mol. The predicted octanol–water partition coefficient (Wildman–Crippen LogP) is -1.08. The molecule has 3 unspecified atom stereocenters. The molecule has 3 atom stereocenters. The summed E-state index contributed by atoms with van der Waals surface area (Å²) >= 11 is 0. The van der Waals surface area contributed by atoms with Gasteiger partial charge in [0.1, 0.15) is 6.10 Å². The van der Waals surface area contributed by atoms with E-state index in [2.05, 4.69) is 5.32 Å². The van der Waals surface area contributed by atoms with Gasteiger partial charge in [-0.2, -0.15) is 0 Å². The Labute approximate surface area is 104 Å². The van der Waals surface area contributed by atoms with E-state index < -0.39 is 33.9 Å². The lowest BCUT2D eigenvalue weighted by atomic mass is 10.1. The first kappa shape index (κ1) is 13.3. The Morgan fingerprint density at radius 2 is 1.83 bits per heavy atom. The van der Waals surface area contributed by atoms with Crippen molar-refractivity contribution in [1.29, 1.82) is 0 Å². The Balaban J connectivity index is 1.85. The van der Waals surface area contributed by atoms with Crippen LogP contribution in [-0.4, -0.2) is 55.2 Å². The van der Waals surface area contributed by atoms with Gasteiger partial charge in [0, 0.05) is 6.04 Å². The fraction of sp³-hybridized carbons (Fsp3) is 0.800. The summed E-state index contributed by atoms with van der Waals surface area (Å²) in [5.74, 6) is -1.45. The normalized spacial score (nSPS) is 34.3. The minimum atomic E-state index is -3.04. The molecule has 2 rings (SSSR count). The van der Waals surface area contributed by atoms with Crippen molar-refractivity contribution >= 4 is 21.7 Å². The summed E-state index contributed by atoms with van der Waals surface area (Å²) in [6, 6.07) is -0.380. The molecule has 0 bridgehead atoms. The van der Waals surface area contributed by atoms with Gasteiger partial charge >= 0.3 is 5.97 Å². The maximum Gasteiger partial charge on any atom is 0.332 e. The van der Waals surface area contributed by atoms with Crippen LogP contribution >= 0.6 is 0 Å². The number of ether oxygens (including phenoxy) is 1. The third-order valence-corrected chi connectivity index (χ3v) is 4.93. The smallest absolute Gasteiger partial charge is 0.332 e. The molecule has 18 heavy (non-hydrogen) atoms. The van der Waals surface area contributed by atoms with E-state index >= 15 is 0 Å². The largest absolute Gasteiger partial charge is 0.479 e. The standard InChI is InChI=1S/C10H15NO6S/c12-9(7-1-2-8(17-7)10(13)14)11-6-3-4-18(15,16)5-6/h6-8H,1-5H2,(H,11,12)(H,13,14). The van der Waals surface area contributed by atoms with E-state index in [0.717, 1.165) is 0 Å². The second-order valence-corrected chi connectivity index (χ2v) is 6.87. The molecule has 2 heterocycles. The summed E-state index contributed by atoms with van der Waals surface area (Å²) in [6.45, 7) is 0. The SMILES string of the molecule is O=C(O)C1CCC(C(=O)NC2CCS(=O)(=O)C2)O1. The molecule has 2 aliphatic rings. The summed E-state index contributed by atoms with van der Waals surface area (Å²) in [5, 5.41) is 11.3. The van der Waals surface area contributed by atoms with E-state index in [9.17, 15) is 18.0 Å². The highest BCUT2D eigenvalue weighted by atomic mass is 32.2. The lowest BCUT2D eigenvalue weighted by molar-refractivity contribution is -0.151. The summed E-state index contributed by atoms with van der Waals surface area (Å²) in [7, 11) is -3.04. The zero-order valence-electron chi connectivity index (χ0n) is 9.66. The van der Waals surface area contributed by atoms with Crippen molar-refractivity contribution in [1.82, 2.24) is 5.32 Å². The Morgan fingerprint density at radius 3 is 2.33 bits per heavy atom. The number of hydrogen-bond donors (Lipinski definition) is 2. The first-order valence-electron chi connectivity index (χ1n) is 5.76. The van der Waals surface area contributed by atoms with Crippen LogP contribution in [0.3, 0.4) is 0 Å². The van der Waals surface area contributed by atoms with Crippen LogP contribution in [0.4, 0.5) is 0 Å². The maximum absolute atomic E-state index is 11.8. The van der Waals surface area contributed by atoms with Gasteiger partial charge in [0.05, 0.1) is 11.5 Å². The molecule has 7 nitrogen and oxygen atoms in total. The average molecular weight is 277 g/mol. The van der Waals surface area contributed by atoms with Crippen LogP contribution in [0.5, 0.6) is 0 Å². The molecule has 0 aliphatic carbocycles. The van der Waals surface area contributed by atoms with Gasteiger partial charge in [0.2, 0.25) is 5.91 Å². The molecule has 0 aromatic rings. The monoisotopic (exact) mass is 277 g/mol. The van der Waals surface area contributed by atoms with Crippen LogP contribution in [-0.2, 0) is 24.2 Å². The Bertz CT molecular complexity index is 459. The number of nitrogens with one attached hydrogen (secondary N) is 1. The van der Waals surface area contributed by atoms with Crippen LogP contribution in [0.15, 0.2) is 0 Å². The number of carboxylic acids is 1. The zero-order valence-corrected chi connectivity index (χ0v) is 10.5. The fourth-order valence-electron chi connectivity index (χ4n) is 2.21. The molecule has 0 radical (unpaired) electrons. The van der Waals surface area contributed by atoms with Crippen molar-refractivity contribution in [3.8, 4) is 0 Å². The van der Waals surface area contributed by atoms with Gasteiger partial charge in [0.25, 0.3) is 0 Å². The maximum atomic E-state index is 11.8. The molecule has 0 saturated carbocycles. The van der Waals surface area contributed by atoms with Gasteiger partial charge < -0.3 is 15.2 Å². The first-order valence-corrected chi connectivity index (χ1v) is 7.58. The Kier molecular flexibility index (Phi) is 3.58. The van der Waals surface area contributed by atoms with E-state index in [1.54, 1.807) is 0 Å². The average Bonchev–Trinajstić information content (AvgIpc) is 2.85. The molecule has 0 spiro atoms. The first-order chi connectivity index (χ1) is 8.37. The van der Waals surface area contributed by atoms with E-state index in [-0.39, 0.29) is 17.5 Å². The van der Waals surface area contributed by atoms with Crippen molar-refractivity contribution in [3.63, 3.8) is 0 Å². The molecule has 2 N–H and O–H groups in total. The molecule has 2 saturated heterocycles. The fourth-order valence-corrected chi connectivity index (χ4v) is 3.89.